The van der Waals surface area contributed by atoms with Crippen LogP contribution in [0.25, 0.3) is 0 Å². The molecule has 1 aliphatic carbocycles. The highest BCUT2D eigenvalue weighted by molar-refractivity contribution is 5.77. The molecule has 0 aromatic carbocycles. The van der Waals surface area contributed by atoms with Crippen molar-refractivity contribution in [2.45, 2.75) is 45.3 Å². The highest BCUT2D eigenvalue weighted by Crippen LogP contribution is 2.27. The first-order chi connectivity index (χ1) is 8.41. The van der Waals surface area contributed by atoms with E-state index in [-0.39, 0.29) is 18.6 Å². The predicted molar refractivity (Wildman–Crippen MR) is 66.2 cm³/mol. The van der Waals surface area contributed by atoms with Gasteiger partial charge in [-0.3, -0.25) is 0 Å². The number of nitrogens with one attached hydrogen (secondary N) is 1. The van der Waals surface area contributed by atoms with E-state index in [1.807, 2.05) is 0 Å². The van der Waals surface area contributed by atoms with E-state index in [1.165, 1.54) is 0 Å². The van der Waals surface area contributed by atoms with Crippen molar-refractivity contribution >= 4 is 12.0 Å². The molecule has 1 aliphatic rings. The van der Waals surface area contributed by atoms with Gasteiger partial charge in [0.2, 0.25) is 0 Å². The van der Waals surface area contributed by atoms with Gasteiger partial charge in [-0.2, -0.15) is 0 Å². The lowest BCUT2D eigenvalue weighted by atomic mass is 10.1. The van der Waals surface area contributed by atoms with Gasteiger partial charge in [0.15, 0.2) is 6.10 Å². The average Bonchev–Trinajstić information content (AvgIpc) is 3.09. The topological polar surface area (TPSA) is 89.9 Å². The normalized spacial score (nSPS) is 16.4. The van der Waals surface area contributed by atoms with E-state index >= 15 is 0 Å². The lowest BCUT2D eigenvalue weighted by Gasteiger charge is -2.24. The third kappa shape index (κ3) is 4.91. The van der Waals surface area contributed by atoms with Crippen LogP contribution < -0.4 is 5.32 Å². The van der Waals surface area contributed by atoms with Crippen LogP contribution in [0, 0.1) is 5.92 Å². The van der Waals surface area contributed by atoms with Gasteiger partial charge in [0.1, 0.15) is 0 Å². The van der Waals surface area contributed by atoms with Crippen LogP contribution in [-0.4, -0.2) is 52.3 Å². The number of urea groups is 1. The minimum Gasteiger partial charge on any atom is -0.479 e. The fourth-order valence-electron chi connectivity index (χ4n) is 1.61. The van der Waals surface area contributed by atoms with E-state index in [1.54, 1.807) is 4.90 Å². The van der Waals surface area contributed by atoms with Crippen LogP contribution in [0.4, 0.5) is 4.79 Å². The minimum absolute atomic E-state index is 0.251. The summed E-state index contributed by atoms with van der Waals surface area (Å²) in [4.78, 5) is 24.0. The molecule has 2 amide bonds. The SMILES string of the molecule is CC(C)CCN(C(=O)NCC(O)C(=O)O)C1CC1. The molecule has 6 heteroatoms. The fraction of sp³-hybridized carbons (Fsp3) is 0.833. The van der Waals surface area contributed by atoms with Gasteiger partial charge in [-0.05, 0) is 25.2 Å². The summed E-state index contributed by atoms with van der Waals surface area (Å²) in [6.45, 7) is 4.62. The van der Waals surface area contributed by atoms with Crippen molar-refractivity contribution in [3.63, 3.8) is 0 Å². The third-order valence-corrected chi connectivity index (χ3v) is 2.93. The summed E-state index contributed by atoms with van der Waals surface area (Å²) in [7, 11) is 0. The first-order valence-electron chi connectivity index (χ1n) is 6.37. The zero-order valence-electron chi connectivity index (χ0n) is 10.9. The first kappa shape index (κ1) is 14.8. The smallest absolute Gasteiger partial charge is 0.334 e. The van der Waals surface area contributed by atoms with Crippen molar-refractivity contribution in [2.24, 2.45) is 5.92 Å². The second kappa shape index (κ2) is 6.58. The molecule has 1 fully saturated rings. The fourth-order valence-corrected chi connectivity index (χ4v) is 1.61. The molecule has 6 nitrogen and oxygen atoms in total. The number of aliphatic hydroxyl groups is 1. The van der Waals surface area contributed by atoms with Crippen molar-refractivity contribution in [3.05, 3.63) is 0 Å². The number of carbonyl (C=O) groups excluding carboxylic acids is 1. The van der Waals surface area contributed by atoms with Crippen LogP contribution in [0.3, 0.4) is 0 Å². The number of aliphatic hydroxyl groups excluding tert-OH is 1. The molecule has 18 heavy (non-hydrogen) atoms. The number of nitrogens with zero attached hydrogens (tertiary/aromatic N) is 1. The molecule has 104 valence electrons. The molecule has 1 rings (SSSR count). The number of rotatable bonds is 7. The van der Waals surface area contributed by atoms with Gasteiger partial charge in [0.25, 0.3) is 0 Å². The molecule has 0 spiro atoms. The van der Waals surface area contributed by atoms with Crippen LogP contribution in [0.15, 0.2) is 0 Å². The zero-order chi connectivity index (χ0) is 13.7. The maximum atomic E-state index is 11.9. The molecule has 0 aromatic rings. The van der Waals surface area contributed by atoms with Gasteiger partial charge in [-0.25, -0.2) is 9.59 Å². The van der Waals surface area contributed by atoms with Crippen LogP contribution >= 0.6 is 0 Å². The average molecular weight is 258 g/mol. The summed E-state index contributed by atoms with van der Waals surface area (Å²) in [5.74, 6) is -0.806. The second-order valence-corrected chi connectivity index (χ2v) is 5.15. The Hall–Kier alpha value is -1.30. The predicted octanol–water partition coefficient (Wildman–Crippen LogP) is 0.652. The standard InChI is InChI=1S/C12H22N2O4/c1-8(2)5-6-14(9-3-4-9)12(18)13-7-10(15)11(16)17/h8-10,15H,3-7H2,1-2H3,(H,13,18)(H,16,17). The Morgan fingerprint density at radius 1 is 1.39 bits per heavy atom. The van der Waals surface area contributed by atoms with Crippen molar-refractivity contribution in [1.29, 1.82) is 0 Å². The van der Waals surface area contributed by atoms with Gasteiger partial charge in [-0.1, -0.05) is 13.8 Å². The largest absolute Gasteiger partial charge is 0.479 e. The Labute approximate surface area is 107 Å². The van der Waals surface area contributed by atoms with Gasteiger partial charge < -0.3 is 20.4 Å². The second-order valence-electron chi connectivity index (χ2n) is 5.15. The highest BCUT2D eigenvalue weighted by atomic mass is 16.4. The Morgan fingerprint density at radius 3 is 2.44 bits per heavy atom. The molecule has 0 bridgehead atoms. The molecular weight excluding hydrogens is 236 g/mol. The van der Waals surface area contributed by atoms with Gasteiger partial charge in [0, 0.05) is 12.6 Å². The van der Waals surface area contributed by atoms with Crippen LogP contribution in [0.2, 0.25) is 0 Å². The Kier molecular flexibility index (Phi) is 5.40. The van der Waals surface area contributed by atoms with E-state index in [0.717, 1.165) is 19.3 Å². The lowest BCUT2D eigenvalue weighted by molar-refractivity contribution is -0.146. The molecule has 1 atom stereocenters. The minimum atomic E-state index is -1.54. The van der Waals surface area contributed by atoms with Crippen molar-refractivity contribution < 1.29 is 19.8 Å². The summed E-state index contributed by atoms with van der Waals surface area (Å²) in [5, 5.41) is 20.1. The lowest BCUT2D eigenvalue weighted by Crippen LogP contribution is -2.46. The number of carboxylic acids is 1. The van der Waals surface area contributed by atoms with Crippen molar-refractivity contribution in [3.8, 4) is 0 Å². The Balaban J connectivity index is 2.37. The number of carboxylic acid groups (broad SMARTS) is 1. The first-order valence-corrected chi connectivity index (χ1v) is 6.37. The Morgan fingerprint density at radius 2 is 2.00 bits per heavy atom. The number of hydrogen-bond acceptors (Lipinski definition) is 3. The number of aliphatic carboxylic acids is 1. The van der Waals surface area contributed by atoms with Gasteiger partial charge in [-0.15, -0.1) is 0 Å². The number of hydrogen-bond donors (Lipinski definition) is 3. The number of carbonyl (C=O) groups is 2. The highest BCUT2D eigenvalue weighted by Gasteiger charge is 2.32. The van der Waals surface area contributed by atoms with E-state index in [4.69, 9.17) is 10.2 Å². The Bertz CT molecular complexity index is 302. The van der Waals surface area contributed by atoms with Gasteiger partial charge >= 0.3 is 12.0 Å². The van der Waals surface area contributed by atoms with E-state index < -0.39 is 12.1 Å². The van der Waals surface area contributed by atoms with Crippen LogP contribution in [0.5, 0.6) is 0 Å². The molecule has 0 heterocycles. The van der Waals surface area contributed by atoms with Crippen LogP contribution in [0.1, 0.15) is 33.1 Å². The molecule has 0 radical (unpaired) electrons. The molecular formula is C12H22N2O4. The quantitative estimate of drug-likeness (QED) is 0.625. The van der Waals surface area contributed by atoms with Crippen LogP contribution in [-0.2, 0) is 4.79 Å². The molecule has 0 aromatic heterocycles. The maximum Gasteiger partial charge on any atom is 0.334 e. The summed E-state index contributed by atoms with van der Waals surface area (Å²) >= 11 is 0. The van der Waals surface area contributed by atoms with E-state index in [9.17, 15) is 9.59 Å². The van der Waals surface area contributed by atoms with Gasteiger partial charge in [0.05, 0.1) is 6.54 Å². The molecule has 1 unspecified atom stereocenters. The van der Waals surface area contributed by atoms with Crippen molar-refractivity contribution in [1.82, 2.24) is 10.2 Å². The van der Waals surface area contributed by atoms with E-state index in [0.29, 0.717) is 12.5 Å². The molecule has 3 N–H and O–H groups in total. The summed E-state index contributed by atoms with van der Waals surface area (Å²) in [5.41, 5.74) is 0. The molecule has 0 saturated heterocycles. The summed E-state index contributed by atoms with van der Waals surface area (Å²) < 4.78 is 0. The zero-order valence-corrected chi connectivity index (χ0v) is 10.9. The maximum absolute atomic E-state index is 11.9. The molecule has 1 saturated carbocycles. The van der Waals surface area contributed by atoms with E-state index in [2.05, 4.69) is 19.2 Å². The summed E-state index contributed by atoms with van der Waals surface area (Å²) in [6, 6.07) is 0.00386. The molecule has 0 aliphatic heterocycles. The van der Waals surface area contributed by atoms with Crippen molar-refractivity contribution in [2.75, 3.05) is 13.1 Å². The monoisotopic (exact) mass is 258 g/mol. The third-order valence-electron chi connectivity index (χ3n) is 2.93. The number of amides is 2. The summed E-state index contributed by atoms with van der Waals surface area (Å²) in [6.07, 6.45) is 1.39.